The Morgan fingerprint density at radius 3 is 2.50 bits per heavy atom. The summed E-state index contributed by atoms with van der Waals surface area (Å²) in [6.45, 7) is 0.501. The molecule has 2 aromatic rings. The highest BCUT2D eigenvalue weighted by atomic mass is 35.5. The average Bonchev–Trinajstić information content (AvgIpc) is 2.84. The van der Waals surface area contributed by atoms with Gasteiger partial charge in [0, 0.05) is 0 Å². The molecule has 0 aliphatic carbocycles. The lowest BCUT2D eigenvalue weighted by molar-refractivity contribution is 0.503. The van der Waals surface area contributed by atoms with Gasteiger partial charge in [0.05, 0.1) is 28.5 Å². The molecular weight excluding hydrogens is 291 g/mol. The number of hydrogen-bond donors (Lipinski definition) is 2. The van der Waals surface area contributed by atoms with Crippen molar-refractivity contribution in [2.24, 2.45) is 0 Å². The van der Waals surface area contributed by atoms with Crippen molar-refractivity contribution >= 4 is 46.2 Å². The number of benzene rings is 1. The molecule has 18 heavy (non-hydrogen) atoms. The molecule has 0 aliphatic rings. The smallest absolute Gasteiger partial charge is 0.171 e. The number of thiocarbonyl (C=S) groups is 1. The third-order valence-electron chi connectivity index (χ3n) is 2.20. The van der Waals surface area contributed by atoms with Gasteiger partial charge in [-0.15, -0.1) is 0 Å². The van der Waals surface area contributed by atoms with Gasteiger partial charge in [-0.2, -0.15) is 0 Å². The number of nitrogens with one attached hydrogen (secondary N) is 2. The van der Waals surface area contributed by atoms with Crippen LogP contribution in [0.2, 0.25) is 10.0 Å². The van der Waals surface area contributed by atoms with Crippen LogP contribution in [-0.4, -0.2) is 5.11 Å². The maximum atomic E-state index is 6.02. The van der Waals surface area contributed by atoms with E-state index in [1.807, 2.05) is 12.1 Å². The van der Waals surface area contributed by atoms with E-state index in [-0.39, 0.29) is 0 Å². The quantitative estimate of drug-likeness (QED) is 0.838. The van der Waals surface area contributed by atoms with E-state index in [1.165, 1.54) is 0 Å². The second-order valence-electron chi connectivity index (χ2n) is 3.48. The Balaban J connectivity index is 1.95. The van der Waals surface area contributed by atoms with Crippen LogP contribution in [0.5, 0.6) is 0 Å². The molecule has 1 aromatic heterocycles. The molecule has 3 nitrogen and oxygen atoms in total. The zero-order valence-corrected chi connectivity index (χ0v) is 11.6. The van der Waals surface area contributed by atoms with Crippen LogP contribution in [0.15, 0.2) is 41.0 Å². The molecule has 1 aromatic carbocycles. The Morgan fingerprint density at radius 1 is 1.17 bits per heavy atom. The van der Waals surface area contributed by atoms with E-state index in [1.54, 1.807) is 24.5 Å². The SMILES string of the molecule is S=C(NCc1ccco1)Nc1c(Cl)cccc1Cl. The van der Waals surface area contributed by atoms with Crippen LogP contribution in [0.3, 0.4) is 0 Å². The van der Waals surface area contributed by atoms with Gasteiger partial charge in [0.15, 0.2) is 5.11 Å². The molecule has 0 aliphatic heterocycles. The lowest BCUT2D eigenvalue weighted by Gasteiger charge is -2.12. The van der Waals surface area contributed by atoms with Crippen molar-refractivity contribution < 1.29 is 4.42 Å². The Hall–Kier alpha value is -1.23. The van der Waals surface area contributed by atoms with Crippen molar-refractivity contribution in [2.45, 2.75) is 6.54 Å². The van der Waals surface area contributed by atoms with Gasteiger partial charge in [-0.05, 0) is 36.5 Å². The summed E-state index contributed by atoms with van der Waals surface area (Å²) >= 11 is 17.2. The van der Waals surface area contributed by atoms with Gasteiger partial charge in [0.1, 0.15) is 5.76 Å². The number of anilines is 1. The van der Waals surface area contributed by atoms with Crippen molar-refractivity contribution in [3.63, 3.8) is 0 Å². The minimum atomic E-state index is 0.432. The highest BCUT2D eigenvalue weighted by molar-refractivity contribution is 7.80. The zero-order chi connectivity index (χ0) is 13.0. The van der Waals surface area contributed by atoms with Gasteiger partial charge in [-0.1, -0.05) is 29.3 Å². The van der Waals surface area contributed by atoms with E-state index in [0.29, 0.717) is 27.4 Å². The summed E-state index contributed by atoms with van der Waals surface area (Å²) in [7, 11) is 0. The fraction of sp³-hybridized carbons (Fsp3) is 0.0833. The van der Waals surface area contributed by atoms with Crippen LogP contribution in [0.4, 0.5) is 5.69 Å². The predicted molar refractivity (Wildman–Crippen MR) is 78.2 cm³/mol. The minimum Gasteiger partial charge on any atom is -0.467 e. The fourth-order valence-corrected chi connectivity index (χ4v) is 2.02. The van der Waals surface area contributed by atoms with Crippen LogP contribution in [0.1, 0.15) is 5.76 Å². The van der Waals surface area contributed by atoms with Crippen molar-refractivity contribution in [3.8, 4) is 0 Å². The van der Waals surface area contributed by atoms with Crippen LogP contribution in [0, 0.1) is 0 Å². The third-order valence-corrected chi connectivity index (χ3v) is 3.08. The highest BCUT2D eigenvalue weighted by Gasteiger charge is 2.07. The molecule has 94 valence electrons. The first-order valence-electron chi connectivity index (χ1n) is 5.18. The normalized spacial score (nSPS) is 10.1. The van der Waals surface area contributed by atoms with E-state index < -0.39 is 0 Å². The molecular formula is C12H10Cl2N2OS. The second kappa shape index (κ2) is 6.09. The molecule has 2 rings (SSSR count). The van der Waals surface area contributed by atoms with Crippen molar-refractivity contribution in [1.29, 1.82) is 0 Å². The molecule has 1 heterocycles. The molecule has 0 atom stereocenters. The van der Waals surface area contributed by atoms with Gasteiger partial charge in [0.25, 0.3) is 0 Å². The Labute approximate surface area is 120 Å². The van der Waals surface area contributed by atoms with Gasteiger partial charge in [0.2, 0.25) is 0 Å². The lowest BCUT2D eigenvalue weighted by Crippen LogP contribution is -2.27. The summed E-state index contributed by atoms with van der Waals surface area (Å²) in [4.78, 5) is 0. The summed E-state index contributed by atoms with van der Waals surface area (Å²) in [5.41, 5.74) is 0.595. The minimum absolute atomic E-state index is 0.432. The van der Waals surface area contributed by atoms with Gasteiger partial charge >= 0.3 is 0 Å². The molecule has 0 amide bonds. The molecule has 6 heteroatoms. The van der Waals surface area contributed by atoms with E-state index in [9.17, 15) is 0 Å². The Bertz CT molecular complexity index is 523. The average molecular weight is 301 g/mol. The largest absolute Gasteiger partial charge is 0.467 e. The molecule has 0 unspecified atom stereocenters. The number of furan rings is 1. The Kier molecular flexibility index (Phi) is 4.47. The van der Waals surface area contributed by atoms with Crippen LogP contribution in [0.25, 0.3) is 0 Å². The fourth-order valence-electron chi connectivity index (χ4n) is 1.36. The Morgan fingerprint density at radius 2 is 1.89 bits per heavy atom. The standard InChI is InChI=1S/C12H10Cl2N2OS/c13-9-4-1-5-10(14)11(9)16-12(18)15-7-8-3-2-6-17-8/h1-6H,7H2,(H2,15,16,18). The van der Waals surface area contributed by atoms with Crippen LogP contribution < -0.4 is 10.6 Å². The monoisotopic (exact) mass is 300 g/mol. The highest BCUT2D eigenvalue weighted by Crippen LogP contribution is 2.29. The third kappa shape index (κ3) is 3.38. The van der Waals surface area contributed by atoms with E-state index >= 15 is 0 Å². The van der Waals surface area contributed by atoms with E-state index in [2.05, 4.69) is 10.6 Å². The van der Waals surface area contributed by atoms with Crippen LogP contribution in [-0.2, 0) is 6.54 Å². The van der Waals surface area contributed by atoms with Crippen molar-refractivity contribution in [1.82, 2.24) is 5.32 Å². The molecule has 0 spiro atoms. The number of para-hydroxylation sites is 1. The maximum absolute atomic E-state index is 6.02. The molecule has 0 radical (unpaired) electrons. The van der Waals surface area contributed by atoms with Crippen molar-refractivity contribution in [2.75, 3.05) is 5.32 Å². The number of halogens is 2. The van der Waals surface area contributed by atoms with E-state index in [0.717, 1.165) is 5.76 Å². The zero-order valence-electron chi connectivity index (χ0n) is 9.24. The topological polar surface area (TPSA) is 37.2 Å². The first kappa shape index (κ1) is 13.2. The first-order valence-corrected chi connectivity index (χ1v) is 6.34. The van der Waals surface area contributed by atoms with Gasteiger partial charge in [-0.25, -0.2) is 0 Å². The first-order chi connectivity index (χ1) is 8.66. The van der Waals surface area contributed by atoms with Gasteiger partial charge in [-0.3, -0.25) is 0 Å². The molecule has 2 N–H and O–H groups in total. The number of hydrogen-bond acceptors (Lipinski definition) is 2. The summed E-state index contributed by atoms with van der Waals surface area (Å²) < 4.78 is 5.18. The van der Waals surface area contributed by atoms with Crippen molar-refractivity contribution in [3.05, 3.63) is 52.4 Å². The van der Waals surface area contributed by atoms with Gasteiger partial charge < -0.3 is 15.1 Å². The lowest BCUT2D eigenvalue weighted by atomic mass is 10.3. The summed E-state index contributed by atoms with van der Waals surface area (Å²) in [5, 5.41) is 7.42. The predicted octanol–water partition coefficient (Wildman–Crippen LogP) is 4.07. The summed E-state index contributed by atoms with van der Waals surface area (Å²) in [6, 6.07) is 8.93. The molecule has 0 saturated carbocycles. The molecule has 0 saturated heterocycles. The van der Waals surface area contributed by atoms with Crippen LogP contribution >= 0.6 is 35.4 Å². The molecule has 0 bridgehead atoms. The maximum Gasteiger partial charge on any atom is 0.171 e. The molecule has 0 fully saturated rings. The number of rotatable bonds is 3. The summed E-state index contributed by atoms with van der Waals surface area (Å²) in [6.07, 6.45) is 1.61. The second-order valence-corrected chi connectivity index (χ2v) is 4.71. The summed E-state index contributed by atoms with van der Waals surface area (Å²) in [5.74, 6) is 0.796. The van der Waals surface area contributed by atoms with E-state index in [4.69, 9.17) is 39.8 Å².